The summed E-state index contributed by atoms with van der Waals surface area (Å²) in [6.45, 7) is 6.56. The SMILES string of the molecule is CCCc1c(C(=O)N2CCN(S(=O)(=O)CC)CC2)[nH]c(C)c1C(=O)OC. The number of H-pyrrole nitrogens is 1. The molecule has 0 spiro atoms. The van der Waals surface area contributed by atoms with E-state index in [9.17, 15) is 18.0 Å². The molecule has 1 aliphatic heterocycles. The first kappa shape index (κ1) is 20.4. The van der Waals surface area contributed by atoms with Gasteiger partial charge in [0.15, 0.2) is 0 Å². The highest BCUT2D eigenvalue weighted by atomic mass is 32.2. The Morgan fingerprint density at radius 3 is 2.27 bits per heavy atom. The molecule has 2 heterocycles. The van der Waals surface area contributed by atoms with Crippen molar-refractivity contribution in [3.63, 3.8) is 0 Å². The normalized spacial score (nSPS) is 15.9. The summed E-state index contributed by atoms with van der Waals surface area (Å²) in [4.78, 5) is 29.7. The summed E-state index contributed by atoms with van der Waals surface area (Å²) < 4.78 is 30.2. The lowest BCUT2D eigenvalue weighted by Crippen LogP contribution is -2.51. The number of sulfonamides is 1. The molecule has 1 aromatic heterocycles. The molecule has 0 atom stereocenters. The Hall–Kier alpha value is -1.87. The van der Waals surface area contributed by atoms with Crippen LogP contribution in [0.3, 0.4) is 0 Å². The van der Waals surface area contributed by atoms with Crippen LogP contribution >= 0.6 is 0 Å². The number of methoxy groups -OCH3 is 1. The maximum absolute atomic E-state index is 13.0. The van der Waals surface area contributed by atoms with Crippen molar-refractivity contribution in [2.75, 3.05) is 39.0 Å². The Bertz CT molecular complexity index is 777. The second kappa shape index (κ2) is 8.22. The number of hydrogen-bond donors (Lipinski definition) is 1. The van der Waals surface area contributed by atoms with Gasteiger partial charge in [-0.2, -0.15) is 4.31 Å². The molecule has 1 amide bonds. The van der Waals surface area contributed by atoms with Crippen LogP contribution < -0.4 is 0 Å². The lowest BCUT2D eigenvalue weighted by atomic mass is 10.0. The highest BCUT2D eigenvalue weighted by Crippen LogP contribution is 2.23. The van der Waals surface area contributed by atoms with Crippen LogP contribution in [0.2, 0.25) is 0 Å². The van der Waals surface area contributed by atoms with Crippen molar-refractivity contribution in [2.24, 2.45) is 0 Å². The number of rotatable bonds is 6. The van der Waals surface area contributed by atoms with Gasteiger partial charge in [-0.05, 0) is 25.8 Å². The van der Waals surface area contributed by atoms with E-state index in [-0.39, 0.29) is 24.7 Å². The van der Waals surface area contributed by atoms with Gasteiger partial charge in [-0.1, -0.05) is 13.3 Å². The Kier molecular flexibility index (Phi) is 6.46. The zero-order valence-corrected chi connectivity index (χ0v) is 16.6. The fourth-order valence-corrected chi connectivity index (χ4v) is 4.33. The van der Waals surface area contributed by atoms with Gasteiger partial charge in [0.2, 0.25) is 10.0 Å². The zero-order valence-electron chi connectivity index (χ0n) is 15.8. The minimum Gasteiger partial charge on any atom is -0.465 e. The van der Waals surface area contributed by atoms with Crippen LogP contribution in [0.25, 0.3) is 0 Å². The molecular weight excluding hydrogens is 358 g/mol. The first-order valence-electron chi connectivity index (χ1n) is 8.83. The number of nitrogens with zero attached hydrogens (tertiary/aromatic N) is 2. The van der Waals surface area contributed by atoms with Crippen LogP contribution in [0.4, 0.5) is 0 Å². The van der Waals surface area contributed by atoms with Gasteiger partial charge in [-0.3, -0.25) is 4.79 Å². The minimum absolute atomic E-state index is 0.0555. The number of nitrogens with one attached hydrogen (secondary N) is 1. The number of piperazine rings is 1. The predicted octanol–water partition coefficient (Wildman–Crippen LogP) is 1.17. The highest BCUT2D eigenvalue weighted by Gasteiger charge is 2.31. The van der Waals surface area contributed by atoms with E-state index in [0.29, 0.717) is 42.0 Å². The molecule has 2 rings (SSSR count). The number of hydrogen-bond acceptors (Lipinski definition) is 5. The molecule has 1 aliphatic rings. The monoisotopic (exact) mass is 385 g/mol. The van der Waals surface area contributed by atoms with Crippen molar-refractivity contribution in [3.8, 4) is 0 Å². The Morgan fingerprint density at radius 2 is 1.77 bits per heavy atom. The molecule has 1 aromatic rings. The second-order valence-corrected chi connectivity index (χ2v) is 8.57. The van der Waals surface area contributed by atoms with Crippen molar-refractivity contribution in [1.29, 1.82) is 0 Å². The van der Waals surface area contributed by atoms with E-state index in [1.54, 1.807) is 18.7 Å². The smallest absolute Gasteiger partial charge is 0.339 e. The van der Waals surface area contributed by atoms with Crippen LogP contribution in [0.5, 0.6) is 0 Å². The van der Waals surface area contributed by atoms with Gasteiger partial charge in [-0.15, -0.1) is 0 Å². The fraction of sp³-hybridized carbons (Fsp3) is 0.647. The number of carbonyl (C=O) groups is 2. The van der Waals surface area contributed by atoms with Crippen molar-refractivity contribution < 1.29 is 22.7 Å². The molecule has 1 saturated heterocycles. The zero-order chi connectivity index (χ0) is 19.5. The van der Waals surface area contributed by atoms with E-state index in [1.165, 1.54) is 11.4 Å². The molecule has 26 heavy (non-hydrogen) atoms. The van der Waals surface area contributed by atoms with E-state index < -0.39 is 16.0 Å². The van der Waals surface area contributed by atoms with Crippen molar-refractivity contribution in [1.82, 2.24) is 14.2 Å². The van der Waals surface area contributed by atoms with Gasteiger partial charge in [0.25, 0.3) is 5.91 Å². The molecular formula is C17H27N3O5S. The van der Waals surface area contributed by atoms with Crippen LogP contribution in [0.1, 0.15) is 52.4 Å². The third kappa shape index (κ3) is 3.93. The number of aromatic nitrogens is 1. The van der Waals surface area contributed by atoms with E-state index in [2.05, 4.69) is 4.98 Å². The number of amides is 1. The maximum Gasteiger partial charge on any atom is 0.339 e. The molecule has 0 saturated carbocycles. The highest BCUT2D eigenvalue weighted by molar-refractivity contribution is 7.89. The molecule has 146 valence electrons. The van der Waals surface area contributed by atoms with Gasteiger partial charge < -0.3 is 14.6 Å². The molecule has 0 aromatic carbocycles. The maximum atomic E-state index is 13.0. The molecule has 0 bridgehead atoms. The van der Waals surface area contributed by atoms with Crippen molar-refractivity contribution in [2.45, 2.75) is 33.6 Å². The average molecular weight is 385 g/mol. The Morgan fingerprint density at radius 1 is 1.15 bits per heavy atom. The van der Waals surface area contributed by atoms with Crippen LogP contribution in [0, 0.1) is 6.92 Å². The average Bonchev–Trinajstić information content (AvgIpc) is 2.97. The third-order valence-electron chi connectivity index (χ3n) is 4.68. The van der Waals surface area contributed by atoms with E-state index in [4.69, 9.17) is 4.74 Å². The summed E-state index contributed by atoms with van der Waals surface area (Å²) in [5, 5.41) is 0. The molecule has 0 radical (unpaired) electrons. The molecule has 1 N–H and O–H groups in total. The van der Waals surface area contributed by atoms with Crippen molar-refractivity contribution >= 4 is 21.9 Å². The molecule has 0 aliphatic carbocycles. The predicted molar refractivity (Wildman–Crippen MR) is 97.8 cm³/mol. The topological polar surface area (TPSA) is 99.8 Å². The summed E-state index contributed by atoms with van der Waals surface area (Å²) in [5.74, 6) is -0.611. The van der Waals surface area contributed by atoms with E-state index >= 15 is 0 Å². The number of ether oxygens (including phenoxy) is 1. The van der Waals surface area contributed by atoms with E-state index in [0.717, 1.165) is 6.42 Å². The van der Waals surface area contributed by atoms with Gasteiger partial charge in [0.1, 0.15) is 5.69 Å². The molecule has 9 heteroatoms. The lowest BCUT2D eigenvalue weighted by Gasteiger charge is -2.33. The number of aromatic amines is 1. The van der Waals surface area contributed by atoms with Crippen molar-refractivity contribution in [3.05, 3.63) is 22.5 Å². The summed E-state index contributed by atoms with van der Waals surface area (Å²) in [6, 6.07) is 0. The van der Waals surface area contributed by atoms with Crippen LogP contribution in [-0.2, 0) is 21.2 Å². The fourth-order valence-electron chi connectivity index (χ4n) is 3.25. The van der Waals surface area contributed by atoms with E-state index in [1.807, 2.05) is 6.92 Å². The van der Waals surface area contributed by atoms with Gasteiger partial charge in [0.05, 0.1) is 18.4 Å². The second-order valence-electron chi connectivity index (χ2n) is 6.31. The largest absolute Gasteiger partial charge is 0.465 e. The third-order valence-corrected chi connectivity index (χ3v) is 6.56. The summed E-state index contributed by atoms with van der Waals surface area (Å²) in [5.41, 5.74) is 2.10. The number of esters is 1. The Balaban J connectivity index is 2.24. The summed E-state index contributed by atoms with van der Waals surface area (Å²) in [6.07, 6.45) is 1.37. The quantitative estimate of drug-likeness (QED) is 0.741. The number of aryl methyl sites for hydroxylation is 1. The standard InChI is InChI=1S/C17H27N3O5S/c1-5-7-13-14(17(22)25-4)12(3)18-15(13)16(21)19-8-10-20(11-9-19)26(23,24)6-2/h18H,5-11H2,1-4H3. The lowest BCUT2D eigenvalue weighted by molar-refractivity contribution is 0.0599. The minimum atomic E-state index is -3.24. The van der Waals surface area contributed by atoms with Crippen LogP contribution in [-0.4, -0.2) is 73.5 Å². The van der Waals surface area contributed by atoms with Gasteiger partial charge >= 0.3 is 5.97 Å². The number of carbonyl (C=O) groups excluding carboxylic acids is 2. The Labute approximate surface area is 154 Å². The van der Waals surface area contributed by atoms with Gasteiger partial charge in [-0.25, -0.2) is 13.2 Å². The molecule has 1 fully saturated rings. The molecule has 0 unspecified atom stereocenters. The summed E-state index contributed by atoms with van der Waals surface area (Å²) >= 11 is 0. The first-order valence-corrected chi connectivity index (χ1v) is 10.4. The van der Waals surface area contributed by atoms with Crippen LogP contribution in [0.15, 0.2) is 0 Å². The van der Waals surface area contributed by atoms with Gasteiger partial charge in [0, 0.05) is 31.9 Å². The molecule has 8 nitrogen and oxygen atoms in total. The summed E-state index contributed by atoms with van der Waals surface area (Å²) in [7, 11) is -1.92. The first-order chi connectivity index (χ1) is 12.3.